The van der Waals surface area contributed by atoms with E-state index in [2.05, 4.69) is 34.4 Å². The molecule has 2 heterocycles. The largest absolute Gasteiger partial charge is 0.488 e. The smallest absolute Gasteiger partial charge is 0.416 e. The summed E-state index contributed by atoms with van der Waals surface area (Å²) >= 11 is 0. The van der Waals surface area contributed by atoms with Crippen molar-refractivity contribution in [3.8, 4) is 5.75 Å². The van der Waals surface area contributed by atoms with Gasteiger partial charge in [0, 0.05) is 24.6 Å². The maximum absolute atomic E-state index is 14.1. The number of piperidine rings is 1. The van der Waals surface area contributed by atoms with E-state index in [1.807, 2.05) is 20.8 Å². The summed E-state index contributed by atoms with van der Waals surface area (Å²) in [5, 5.41) is 15.8. The van der Waals surface area contributed by atoms with Crippen molar-refractivity contribution in [2.24, 2.45) is 11.8 Å². The minimum Gasteiger partial charge on any atom is -0.488 e. The quantitative estimate of drug-likeness (QED) is 0.249. The van der Waals surface area contributed by atoms with Crippen molar-refractivity contribution < 1.29 is 32.6 Å². The van der Waals surface area contributed by atoms with Gasteiger partial charge in [0.2, 0.25) is 5.91 Å². The minimum absolute atomic E-state index is 0.142. The Balaban J connectivity index is 1.99. The average molecular weight is 607 g/mol. The second-order valence-corrected chi connectivity index (χ2v) is 12.0. The van der Waals surface area contributed by atoms with Gasteiger partial charge in [0.15, 0.2) is 0 Å². The molecular weight excluding hydrogens is 561 g/mol. The number of carbonyl (C=O) groups is 2. The fourth-order valence-corrected chi connectivity index (χ4v) is 5.18. The van der Waals surface area contributed by atoms with Crippen LogP contribution in [-0.2, 0) is 11.0 Å². The Hall–Kier alpha value is -3.18. The second-order valence-electron chi connectivity index (χ2n) is 12.0. The van der Waals surface area contributed by atoms with Gasteiger partial charge in [-0.15, -0.1) is 0 Å². The maximum Gasteiger partial charge on any atom is 0.416 e. The Morgan fingerprint density at radius 2 is 1.77 bits per heavy atom. The first-order valence-electron chi connectivity index (χ1n) is 15.1. The third-order valence-corrected chi connectivity index (χ3v) is 8.01. The molecule has 8 nitrogen and oxygen atoms in total. The van der Waals surface area contributed by atoms with Gasteiger partial charge in [-0.2, -0.15) is 13.2 Å². The van der Waals surface area contributed by atoms with E-state index in [9.17, 15) is 27.9 Å². The number of hydrogen-bond acceptors (Lipinski definition) is 6. The van der Waals surface area contributed by atoms with Gasteiger partial charge in [0.1, 0.15) is 11.6 Å². The highest BCUT2D eigenvalue weighted by molar-refractivity contribution is 6.11. The van der Waals surface area contributed by atoms with Gasteiger partial charge in [0.05, 0.1) is 29.0 Å². The zero-order valence-electron chi connectivity index (χ0n) is 25.9. The zero-order valence-corrected chi connectivity index (χ0v) is 25.9. The number of aliphatic hydroxyl groups is 1. The number of pyridine rings is 1. The lowest BCUT2D eigenvalue weighted by Crippen LogP contribution is -2.41. The molecule has 0 aliphatic carbocycles. The highest BCUT2D eigenvalue weighted by Gasteiger charge is 2.35. The van der Waals surface area contributed by atoms with Crippen molar-refractivity contribution in [1.29, 1.82) is 0 Å². The number of rotatable bonds is 12. The molecule has 11 heteroatoms. The number of likely N-dealkylation sites (tertiary alicyclic amines) is 1. The molecule has 0 saturated carbocycles. The molecule has 238 valence electrons. The van der Waals surface area contributed by atoms with Crippen LogP contribution in [-0.4, -0.2) is 58.1 Å². The molecule has 1 saturated heterocycles. The van der Waals surface area contributed by atoms with Crippen LogP contribution in [0.15, 0.2) is 30.5 Å². The minimum atomic E-state index is -4.79. The summed E-state index contributed by atoms with van der Waals surface area (Å²) in [6.45, 7) is 13.1. The fraction of sp³-hybridized carbons (Fsp3) is 0.594. The Labute approximate surface area is 252 Å². The van der Waals surface area contributed by atoms with E-state index >= 15 is 0 Å². The van der Waals surface area contributed by atoms with Crippen molar-refractivity contribution in [2.45, 2.75) is 98.1 Å². The van der Waals surface area contributed by atoms with E-state index in [4.69, 9.17) is 4.74 Å². The normalized spacial score (nSPS) is 16.9. The average Bonchev–Trinajstić information content (AvgIpc) is 2.94. The number of aliphatic hydroxyl groups excluding tert-OH is 1. The van der Waals surface area contributed by atoms with Gasteiger partial charge in [-0.1, -0.05) is 26.3 Å². The highest BCUT2D eigenvalue weighted by atomic mass is 19.4. The third kappa shape index (κ3) is 9.92. The Bertz CT molecular complexity index is 1230. The maximum atomic E-state index is 14.1. The first-order valence-corrected chi connectivity index (χ1v) is 15.1. The van der Waals surface area contributed by atoms with Gasteiger partial charge < -0.3 is 25.4 Å². The van der Waals surface area contributed by atoms with Gasteiger partial charge in [0.25, 0.3) is 5.91 Å². The van der Waals surface area contributed by atoms with Crippen LogP contribution in [0.1, 0.15) is 88.2 Å². The van der Waals surface area contributed by atoms with Crippen molar-refractivity contribution in [1.82, 2.24) is 9.88 Å². The van der Waals surface area contributed by atoms with Crippen LogP contribution in [0.3, 0.4) is 0 Å². The number of hydrogen-bond donors (Lipinski definition) is 3. The molecule has 2 aromatic rings. The molecule has 3 N–H and O–H groups in total. The summed E-state index contributed by atoms with van der Waals surface area (Å²) < 4.78 is 48.2. The molecule has 1 aromatic carbocycles. The number of alkyl halides is 3. The third-order valence-electron chi connectivity index (χ3n) is 8.01. The van der Waals surface area contributed by atoms with E-state index in [-0.39, 0.29) is 41.4 Å². The first kappa shape index (κ1) is 34.3. The summed E-state index contributed by atoms with van der Waals surface area (Å²) in [6, 6.07) is 5.11. The predicted molar refractivity (Wildman–Crippen MR) is 161 cm³/mol. The van der Waals surface area contributed by atoms with E-state index in [1.54, 1.807) is 19.1 Å². The molecule has 3 unspecified atom stereocenters. The lowest BCUT2D eigenvalue weighted by Gasteiger charge is -2.34. The molecule has 43 heavy (non-hydrogen) atoms. The molecule has 0 radical (unpaired) electrons. The monoisotopic (exact) mass is 606 g/mol. The highest BCUT2D eigenvalue weighted by Crippen LogP contribution is 2.39. The van der Waals surface area contributed by atoms with Crippen LogP contribution in [0, 0.1) is 18.8 Å². The number of ether oxygens (including phenoxy) is 1. The number of nitrogens with zero attached hydrogens (tertiary/aromatic N) is 2. The number of anilines is 2. The van der Waals surface area contributed by atoms with Gasteiger partial charge in [-0.3, -0.25) is 9.59 Å². The molecule has 2 amide bonds. The number of halogens is 3. The summed E-state index contributed by atoms with van der Waals surface area (Å²) in [5.41, 5.74) is -0.793. The lowest BCUT2D eigenvalue weighted by molar-refractivity contribution is -0.137. The summed E-state index contributed by atoms with van der Waals surface area (Å²) in [7, 11) is 0. The van der Waals surface area contributed by atoms with Gasteiger partial charge in [-0.25, -0.2) is 4.98 Å². The SMILES string of the molecule is CCC(C)CC(O)CC(C)Oc1cc(C(F)(F)F)cc(C(=O)Nc2ccc(C)cn2)c1NC(=O)C1CCN(C(C)C)CC1. The van der Waals surface area contributed by atoms with Crippen LogP contribution in [0.25, 0.3) is 0 Å². The Kier molecular flexibility index (Phi) is 12.0. The van der Waals surface area contributed by atoms with Gasteiger partial charge >= 0.3 is 6.18 Å². The second kappa shape index (κ2) is 15.0. The Morgan fingerprint density at radius 3 is 2.33 bits per heavy atom. The number of carbonyl (C=O) groups excluding carboxylic acids is 2. The molecule has 3 rings (SSSR count). The van der Waals surface area contributed by atoms with Crippen LogP contribution in [0.2, 0.25) is 0 Å². The summed E-state index contributed by atoms with van der Waals surface area (Å²) in [5.74, 6) is -1.52. The first-order chi connectivity index (χ1) is 20.2. The predicted octanol–water partition coefficient (Wildman–Crippen LogP) is 6.67. The summed E-state index contributed by atoms with van der Waals surface area (Å²) in [4.78, 5) is 33.3. The molecule has 1 aliphatic heterocycles. The van der Waals surface area contributed by atoms with Crippen molar-refractivity contribution in [2.75, 3.05) is 23.7 Å². The fourth-order valence-electron chi connectivity index (χ4n) is 5.18. The van der Waals surface area contributed by atoms with Crippen LogP contribution >= 0.6 is 0 Å². The molecular formula is C32H45F3N4O4. The van der Waals surface area contributed by atoms with E-state index < -0.39 is 35.4 Å². The van der Waals surface area contributed by atoms with E-state index in [1.165, 1.54) is 6.20 Å². The molecule has 1 fully saturated rings. The molecule has 1 aliphatic rings. The van der Waals surface area contributed by atoms with Crippen LogP contribution in [0.5, 0.6) is 5.75 Å². The number of benzene rings is 1. The summed E-state index contributed by atoms with van der Waals surface area (Å²) in [6.07, 6.45) is -1.99. The lowest BCUT2D eigenvalue weighted by atomic mass is 9.94. The number of aryl methyl sites for hydroxylation is 1. The molecule has 0 spiro atoms. The van der Waals surface area contributed by atoms with E-state index in [0.717, 1.165) is 24.1 Å². The van der Waals surface area contributed by atoms with Crippen LogP contribution < -0.4 is 15.4 Å². The van der Waals surface area contributed by atoms with Crippen molar-refractivity contribution >= 4 is 23.3 Å². The number of amides is 2. The van der Waals surface area contributed by atoms with Crippen molar-refractivity contribution in [3.63, 3.8) is 0 Å². The van der Waals surface area contributed by atoms with Crippen LogP contribution in [0.4, 0.5) is 24.7 Å². The zero-order chi connectivity index (χ0) is 31.9. The topological polar surface area (TPSA) is 104 Å². The Morgan fingerprint density at radius 1 is 1.09 bits per heavy atom. The van der Waals surface area contributed by atoms with E-state index in [0.29, 0.717) is 38.4 Å². The van der Waals surface area contributed by atoms with Gasteiger partial charge in [-0.05, 0) is 89.7 Å². The number of aromatic nitrogens is 1. The standard InChI is InChI=1S/C32H45F3N4O4/c1-7-20(4)14-25(40)15-22(6)43-27-17-24(32(33,34)35)16-26(31(42)37-28-9-8-21(5)18-36-28)29(27)38-30(41)23-10-12-39(13-11-23)19(2)3/h8-9,16-20,22-23,25,40H,7,10-15H2,1-6H3,(H,38,41)(H,36,37,42). The number of nitrogens with one attached hydrogen (secondary N) is 2. The molecule has 0 bridgehead atoms. The molecule has 3 atom stereocenters. The molecule has 1 aromatic heterocycles. The van der Waals surface area contributed by atoms with Crippen molar-refractivity contribution in [3.05, 3.63) is 47.2 Å².